The van der Waals surface area contributed by atoms with E-state index in [1.807, 2.05) is 24.5 Å². The first-order valence-corrected chi connectivity index (χ1v) is 6.12. The molecule has 1 atom stereocenters. The molecule has 2 rings (SSSR count). The second-order valence-corrected chi connectivity index (χ2v) is 4.21. The first-order chi connectivity index (χ1) is 9.25. The molecule has 2 N–H and O–H groups in total. The zero-order valence-electron chi connectivity index (χ0n) is 10.5. The van der Waals surface area contributed by atoms with E-state index in [2.05, 4.69) is 5.43 Å². The number of nitrogens with zero attached hydrogens (tertiary/aromatic N) is 1. The zero-order valence-corrected chi connectivity index (χ0v) is 10.5. The minimum Gasteiger partial charge on any atom is -0.389 e. The molecule has 0 fully saturated rings. The van der Waals surface area contributed by atoms with Crippen LogP contribution in [-0.2, 0) is 11.3 Å². The summed E-state index contributed by atoms with van der Waals surface area (Å²) in [5.41, 5.74) is 3.49. The highest BCUT2D eigenvalue weighted by atomic mass is 19.1. The Kier molecular flexibility index (Phi) is 4.94. The van der Waals surface area contributed by atoms with Crippen molar-refractivity contribution < 1.29 is 14.2 Å². The molecule has 1 aromatic carbocycles. The second kappa shape index (κ2) is 6.92. The van der Waals surface area contributed by atoms with Gasteiger partial charge in [-0.15, -0.1) is 0 Å². The molecule has 0 aliphatic carbocycles. The highest BCUT2D eigenvalue weighted by molar-refractivity contribution is 5.16. The van der Waals surface area contributed by atoms with Gasteiger partial charge in [-0.3, -0.25) is 4.68 Å². The number of hydrogen-bond donors (Lipinski definition) is 2. The van der Waals surface area contributed by atoms with E-state index in [4.69, 9.17) is 4.74 Å². The summed E-state index contributed by atoms with van der Waals surface area (Å²) in [5, 5.41) is 9.70. The van der Waals surface area contributed by atoms with E-state index in [0.29, 0.717) is 12.1 Å². The fourth-order valence-electron chi connectivity index (χ4n) is 1.63. The fourth-order valence-corrected chi connectivity index (χ4v) is 1.63. The van der Waals surface area contributed by atoms with Crippen LogP contribution in [0, 0.1) is 5.82 Å². The van der Waals surface area contributed by atoms with Crippen LogP contribution in [0.5, 0.6) is 0 Å². The van der Waals surface area contributed by atoms with Crippen molar-refractivity contribution in [1.82, 2.24) is 4.68 Å². The van der Waals surface area contributed by atoms with Crippen molar-refractivity contribution in [2.45, 2.75) is 12.7 Å². The number of aliphatic hydroxyl groups is 1. The molecule has 4 nitrogen and oxygen atoms in total. The lowest BCUT2D eigenvalue weighted by molar-refractivity contribution is 0.0326. The average Bonchev–Trinajstić information content (AvgIpc) is 2.92. The van der Waals surface area contributed by atoms with E-state index in [1.54, 1.807) is 22.9 Å². The van der Waals surface area contributed by atoms with Crippen LogP contribution in [0.25, 0.3) is 0 Å². The number of nitrogens with one attached hydrogen (secondary N) is 1. The largest absolute Gasteiger partial charge is 0.389 e. The van der Waals surface area contributed by atoms with Gasteiger partial charge in [-0.05, 0) is 18.2 Å². The first kappa shape index (κ1) is 13.6. The van der Waals surface area contributed by atoms with Crippen molar-refractivity contribution in [3.8, 4) is 0 Å². The predicted molar refractivity (Wildman–Crippen MR) is 70.7 cm³/mol. The van der Waals surface area contributed by atoms with Gasteiger partial charge in [-0.25, -0.2) is 4.39 Å². The molecule has 1 aromatic heterocycles. The SMILES string of the molecule is OC(CNn1cccc1)COCc1ccccc1F. The average molecular weight is 264 g/mol. The van der Waals surface area contributed by atoms with Crippen molar-refractivity contribution in [3.63, 3.8) is 0 Å². The molecule has 0 saturated carbocycles. The van der Waals surface area contributed by atoms with E-state index >= 15 is 0 Å². The molecule has 0 spiro atoms. The molecular formula is C14H17FN2O2. The summed E-state index contributed by atoms with van der Waals surface area (Å²) in [7, 11) is 0. The van der Waals surface area contributed by atoms with Crippen molar-refractivity contribution in [2.75, 3.05) is 18.6 Å². The lowest BCUT2D eigenvalue weighted by atomic mass is 10.2. The van der Waals surface area contributed by atoms with Crippen LogP contribution < -0.4 is 5.43 Å². The third-order valence-corrected chi connectivity index (χ3v) is 2.64. The van der Waals surface area contributed by atoms with Crippen molar-refractivity contribution in [3.05, 3.63) is 60.2 Å². The van der Waals surface area contributed by atoms with Gasteiger partial charge in [0, 0.05) is 18.0 Å². The van der Waals surface area contributed by atoms with Crippen molar-refractivity contribution >= 4 is 0 Å². The van der Waals surface area contributed by atoms with Gasteiger partial charge in [0.1, 0.15) is 5.82 Å². The monoisotopic (exact) mass is 264 g/mol. The normalized spacial score (nSPS) is 12.3. The number of halogens is 1. The summed E-state index contributed by atoms with van der Waals surface area (Å²) in [6.07, 6.45) is 3.04. The third kappa shape index (κ3) is 4.39. The molecule has 5 heteroatoms. The van der Waals surface area contributed by atoms with Gasteiger partial charge in [0.25, 0.3) is 0 Å². The van der Waals surface area contributed by atoms with Crippen molar-refractivity contribution in [2.24, 2.45) is 0 Å². The lowest BCUT2D eigenvalue weighted by Gasteiger charge is -2.14. The molecule has 0 bridgehead atoms. The van der Waals surface area contributed by atoms with Crippen LogP contribution in [-0.4, -0.2) is 29.0 Å². The van der Waals surface area contributed by atoms with Gasteiger partial charge >= 0.3 is 0 Å². The quantitative estimate of drug-likeness (QED) is 0.801. The van der Waals surface area contributed by atoms with E-state index in [1.165, 1.54) is 6.07 Å². The van der Waals surface area contributed by atoms with Gasteiger partial charge in [0.05, 0.1) is 25.9 Å². The van der Waals surface area contributed by atoms with Crippen LogP contribution in [0.2, 0.25) is 0 Å². The first-order valence-electron chi connectivity index (χ1n) is 6.12. The Morgan fingerprint density at radius 3 is 2.68 bits per heavy atom. The van der Waals surface area contributed by atoms with Crippen LogP contribution in [0.4, 0.5) is 4.39 Å². The van der Waals surface area contributed by atoms with Gasteiger partial charge in [0.15, 0.2) is 0 Å². The number of benzene rings is 1. The van der Waals surface area contributed by atoms with Crippen LogP contribution >= 0.6 is 0 Å². The summed E-state index contributed by atoms with van der Waals surface area (Å²) in [5.74, 6) is -0.289. The standard InChI is InChI=1S/C14H17FN2O2/c15-14-6-2-1-5-12(14)10-19-11-13(18)9-16-17-7-3-4-8-17/h1-8,13,16,18H,9-11H2. The maximum Gasteiger partial charge on any atom is 0.128 e. The van der Waals surface area contributed by atoms with Crippen LogP contribution in [0.3, 0.4) is 0 Å². The molecular weight excluding hydrogens is 247 g/mol. The molecule has 2 aromatic rings. The Bertz CT molecular complexity index is 488. The molecule has 0 radical (unpaired) electrons. The highest BCUT2D eigenvalue weighted by Gasteiger charge is 2.05. The lowest BCUT2D eigenvalue weighted by Crippen LogP contribution is -2.28. The predicted octanol–water partition coefficient (Wildman–Crippen LogP) is 1.75. The number of rotatable bonds is 7. The van der Waals surface area contributed by atoms with Crippen LogP contribution in [0.15, 0.2) is 48.8 Å². The summed E-state index contributed by atoms with van der Waals surface area (Å²) in [6, 6.07) is 10.2. The van der Waals surface area contributed by atoms with Crippen molar-refractivity contribution in [1.29, 1.82) is 0 Å². The molecule has 1 unspecified atom stereocenters. The topological polar surface area (TPSA) is 46.4 Å². The molecule has 102 valence electrons. The number of aliphatic hydroxyl groups excluding tert-OH is 1. The Morgan fingerprint density at radius 2 is 1.95 bits per heavy atom. The van der Waals surface area contributed by atoms with Crippen LogP contribution in [0.1, 0.15) is 5.56 Å². The summed E-state index contributed by atoms with van der Waals surface area (Å²) in [4.78, 5) is 0. The molecule has 0 aliphatic heterocycles. The summed E-state index contributed by atoms with van der Waals surface area (Å²) >= 11 is 0. The summed E-state index contributed by atoms with van der Waals surface area (Å²) in [6.45, 7) is 0.682. The van der Waals surface area contributed by atoms with Gasteiger partial charge in [-0.2, -0.15) is 0 Å². The highest BCUT2D eigenvalue weighted by Crippen LogP contribution is 2.07. The number of hydrogen-bond acceptors (Lipinski definition) is 3. The Balaban J connectivity index is 1.66. The minimum absolute atomic E-state index is 0.155. The third-order valence-electron chi connectivity index (χ3n) is 2.64. The maximum absolute atomic E-state index is 13.3. The van der Waals surface area contributed by atoms with E-state index in [-0.39, 0.29) is 19.0 Å². The van der Waals surface area contributed by atoms with E-state index < -0.39 is 6.10 Å². The minimum atomic E-state index is -0.644. The second-order valence-electron chi connectivity index (χ2n) is 4.21. The van der Waals surface area contributed by atoms with E-state index in [0.717, 1.165) is 0 Å². The molecule has 1 heterocycles. The Morgan fingerprint density at radius 1 is 1.21 bits per heavy atom. The fraction of sp³-hybridized carbons (Fsp3) is 0.286. The zero-order chi connectivity index (χ0) is 13.5. The van der Waals surface area contributed by atoms with Gasteiger partial charge in [0.2, 0.25) is 0 Å². The van der Waals surface area contributed by atoms with Gasteiger partial charge < -0.3 is 15.3 Å². The number of ether oxygens (including phenoxy) is 1. The Hall–Kier alpha value is -1.85. The number of aromatic nitrogens is 1. The Labute approximate surface area is 111 Å². The molecule has 0 saturated heterocycles. The molecule has 0 aliphatic rings. The molecule has 19 heavy (non-hydrogen) atoms. The summed E-state index contributed by atoms with van der Waals surface area (Å²) < 4.78 is 20.3. The maximum atomic E-state index is 13.3. The van der Waals surface area contributed by atoms with E-state index in [9.17, 15) is 9.50 Å². The molecule has 0 amide bonds. The smallest absolute Gasteiger partial charge is 0.128 e. The van der Waals surface area contributed by atoms with Gasteiger partial charge in [-0.1, -0.05) is 18.2 Å².